The van der Waals surface area contributed by atoms with Gasteiger partial charge in [-0.05, 0) is 65.9 Å². The summed E-state index contributed by atoms with van der Waals surface area (Å²) in [6, 6.07) is 23.7. The Balaban J connectivity index is 1.41. The van der Waals surface area contributed by atoms with Gasteiger partial charge in [-0.3, -0.25) is 14.4 Å². The van der Waals surface area contributed by atoms with Crippen LogP contribution in [0.1, 0.15) is 49.4 Å². The fraction of sp³-hybridized carbons (Fsp3) is 0.214. The summed E-state index contributed by atoms with van der Waals surface area (Å²) in [7, 11) is 0. The van der Waals surface area contributed by atoms with Crippen LogP contribution in [0, 0.1) is 0 Å². The van der Waals surface area contributed by atoms with Crippen molar-refractivity contribution in [2.45, 2.75) is 32.7 Å². The maximum atomic E-state index is 12.2. The summed E-state index contributed by atoms with van der Waals surface area (Å²) in [5.41, 5.74) is 5.56. The summed E-state index contributed by atoms with van der Waals surface area (Å²) >= 11 is 0. The number of amides is 3. The fourth-order valence-corrected chi connectivity index (χ4v) is 3.26. The third kappa shape index (κ3) is 8.09. The molecule has 3 aromatic carbocycles. The quantitative estimate of drug-likeness (QED) is 0.240. The van der Waals surface area contributed by atoms with Crippen molar-refractivity contribution in [2.24, 2.45) is 5.10 Å². The second-order valence-corrected chi connectivity index (χ2v) is 8.49. The number of hydrogen-bond acceptors (Lipinski definition) is 5. The van der Waals surface area contributed by atoms with Gasteiger partial charge in [-0.1, -0.05) is 56.3 Å². The van der Waals surface area contributed by atoms with Gasteiger partial charge in [0.2, 0.25) is 0 Å². The molecule has 0 radical (unpaired) electrons. The second-order valence-electron chi connectivity index (χ2n) is 8.49. The Morgan fingerprint density at radius 1 is 0.833 bits per heavy atom. The Kier molecular flexibility index (Phi) is 9.33. The van der Waals surface area contributed by atoms with E-state index in [1.807, 2.05) is 49.4 Å². The molecule has 3 N–H and O–H groups in total. The van der Waals surface area contributed by atoms with Crippen LogP contribution in [0.3, 0.4) is 0 Å². The van der Waals surface area contributed by atoms with E-state index in [4.69, 9.17) is 4.74 Å². The molecule has 0 aliphatic rings. The largest absolute Gasteiger partial charge is 0.484 e. The zero-order chi connectivity index (χ0) is 25.9. The Hall–Kier alpha value is -4.46. The number of nitrogens with one attached hydrogen (secondary N) is 3. The number of carbonyl (C=O) groups excluding carboxylic acids is 3. The van der Waals surface area contributed by atoms with E-state index in [2.05, 4.69) is 35.0 Å². The molecule has 186 valence electrons. The molecule has 0 heterocycles. The SMILES string of the molecule is CC(C)c1ccc(NC(=O)C(=O)N/N=C\c2ccc(OCC(=O)N[C@@H](C)c3ccccc3)cc2)cc1. The summed E-state index contributed by atoms with van der Waals surface area (Å²) in [4.78, 5) is 36.2. The highest BCUT2D eigenvalue weighted by molar-refractivity contribution is 6.39. The summed E-state index contributed by atoms with van der Waals surface area (Å²) in [6.45, 7) is 5.95. The molecule has 0 fully saturated rings. The Morgan fingerprint density at radius 2 is 1.50 bits per heavy atom. The van der Waals surface area contributed by atoms with Gasteiger partial charge >= 0.3 is 11.8 Å². The first-order chi connectivity index (χ1) is 17.3. The number of rotatable bonds is 9. The minimum Gasteiger partial charge on any atom is -0.484 e. The van der Waals surface area contributed by atoms with Crippen molar-refractivity contribution in [3.8, 4) is 5.75 Å². The average molecular weight is 487 g/mol. The maximum Gasteiger partial charge on any atom is 0.329 e. The molecule has 3 amide bonds. The molecule has 0 bridgehead atoms. The van der Waals surface area contributed by atoms with Gasteiger partial charge in [-0.2, -0.15) is 5.10 Å². The Morgan fingerprint density at radius 3 is 2.14 bits per heavy atom. The molecule has 8 nitrogen and oxygen atoms in total. The lowest BCUT2D eigenvalue weighted by molar-refractivity contribution is -0.136. The Labute approximate surface area is 210 Å². The van der Waals surface area contributed by atoms with Crippen LogP contribution in [0.15, 0.2) is 84.0 Å². The first-order valence-corrected chi connectivity index (χ1v) is 11.6. The lowest BCUT2D eigenvalue weighted by Crippen LogP contribution is -2.32. The predicted octanol–water partition coefficient (Wildman–Crippen LogP) is 4.16. The average Bonchev–Trinajstić information content (AvgIpc) is 2.89. The first-order valence-electron chi connectivity index (χ1n) is 11.6. The minimum absolute atomic E-state index is 0.115. The van der Waals surface area contributed by atoms with Crippen LogP contribution in [0.2, 0.25) is 0 Å². The molecule has 0 unspecified atom stereocenters. The van der Waals surface area contributed by atoms with E-state index in [1.54, 1.807) is 36.4 Å². The van der Waals surface area contributed by atoms with Gasteiger partial charge in [0, 0.05) is 5.69 Å². The molecule has 1 atom stereocenters. The molecule has 3 aromatic rings. The highest BCUT2D eigenvalue weighted by atomic mass is 16.5. The lowest BCUT2D eigenvalue weighted by atomic mass is 10.0. The number of carbonyl (C=O) groups is 3. The number of ether oxygens (including phenoxy) is 1. The zero-order valence-corrected chi connectivity index (χ0v) is 20.5. The Bertz CT molecular complexity index is 1190. The number of hydrogen-bond donors (Lipinski definition) is 3. The van der Waals surface area contributed by atoms with Crippen LogP contribution < -0.4 is 20.8 Å². The van der Waals surface area contributed by atoms with Gasteiger partial charge in [-0.25, -0.2) is 5.43 Å². The molecule has 0 aromatic heterocycles. The van der Waals surface area contributed by atoms with Gasteiger partial charge in [0.15, 0.2) is 6.61 Å². The lowest BCUT2D eigenvalue weighted by Gasteiger charge is -2.14. The van der Waals surface area contributed by atoms with E-state index in [0.717, 1.165) is 11.1 Å². The van der Waals surface area contributed by atoms with Crippen LogP contribution in [0.4, 0.5) is 5.69 Å². The number of anilines is 1. The van der Waals surface area contributed by atoms with Crippen molar-refractivity contribution in [1.82, 2.24) is 10.7 Å². The van der Waals surface area contributed by atoms with Crippen LogP contribution in [-0.2, 0) is 14.4 Å². The third-order valence-electron chi connectivity index (χ3n) is 5.35. The van der Waals surface area contributed by atoms with E-state index in [1.165, 1.54) is 6.21 Å². The normalized spacial score (nSPS) is 11.7. The van der Waals surface area contributed by atoms with Crippen LogP contribution in [0.5, 0.6) is 5.75 Å². The molecule has 0 spiro atoms. The van der Waals surface area contributed by atoms with Crippen LogP contribution in [0.25, 0.3) is 0 Å². The van der Waals surface area contributed by atoms with Gasteiger partial charge in [0.25, 0.3) is 5.91 Å². The molecule has 8 heteroatoms. The monoisotopic (exact) mass is 486 g/mol. The van der Waals surface area contributed by atoms with Crippen LogP contribution >= 0.6 is 0 Å². The highest BCUT2D eigenvalue weighted by Gasteiger charge is 2.13. The van der Waals surface area contributed by atoms with Crippen molar-refractivity contribution < 1.29 is 19.1 Å². The number of benzene rings is 3. The van der Waals surface area contributed by atoms with E-state index < -0.39 is 11.8 Å². The van der Waals surface area contributed by atoms with E-state index in [0.29, 0.717) is 22.9 Å². The molecular weight excluding hydrogens is 456 g/mol. The number of hydrazone groups is 1. The third-order valence-corrected chi connectivity index (χ3v) is 5.35. The van der Waals surface area contributed by atoms with Crippen molar-refractivity contribution in [3.05, 3.63) is 95.6 Å². The summed E-state index contributed by atoms with van der Waals surface area (Å²) in [5.74, 6) is -1.03. The zero-order valence-electron chi connectivity index (χ0n) is 20.5. The predicted molar refractivity (Wildman–Crippen MR) is 140 cm³/mol. The molecule has 0 saturated carbocycles. The van der Waals surface area contributed by atoms with Crippen molar-refractivity contribution in [2.75, 3.05) is 11.9 Å². The maximum absolute atomic E-state index is 12.2. The summed E-state index contributed by atoms with van der Waals surface area (Å²) in [6.07, 6.45) is 1.40. The van der Waals surface area contributed by atoms with Gasteiger partial charge in [-0.15, -0.1) is 0 Å². The molecule has 3 rings (SSSR count). The topological polar surface area (TPSA) is 109 Å². The van der Waals surface area contributed by atoms with Crippen molar-refractivity contribution in [3.63, 3.8) is 0 Å². The molecule has 0 aliphatic carbocycles. The first kappa shape index (κ1) is 26.2. The van der Waals surface area contributed by atoms with E-state index in [9.17, 15) is 14.4 Å². The molecular formula is C28H30N4O4. The second kappa shape index (κ2) is 12.9. The molecule has 36 heavy (non-hydrogen) atoms. The molecule has 0 aliphatic heterocycles. The minimum atomic E-state index is -0.880. The fourth-order valence-electron chi connectivity index (χ4n) is 3.26. The van der Waals surface area contributed by atoms with Gasteiger partial charge < -0.3 is 15.4 Å². The summed E-state index contributed by atoms with van der Waals surface area (Å²) in [5, 5.41) is 9.24. The smallest absolute Gasteiger partial charge is 0.329 e. The van der Waals surface area contributed by atoms with Gasteiger partial charge in [0.05, 0.1) is 12.3 Å². The van der Waals surface area contributed by atoms with Crippen LogP contribution in [-0.4, -0.2) is 30.5 Å². The standard InChI is InChI=1S/C28H30N4O4/c1-19(2)22-11-13-24(14-12-22)31-27(34)28(35)32-29-17-21-9-15-25(16-10-21)36-18-26(33)30-20(3)23-7-5-4-6-8-23/h4-17,19-20H,18H2,1-3H3,(H,30,33)(H,31,34)(H,32,35)/b29-17-/t20-/m0/s1. The highest BCUT2D eigenvalue weighted by Crippen LogP contribution is 2.17. The van der Waals surface area contributed by atoms with E-state index in [-0.39, 0.29) is 18.6 Å². The molecule has 0 saturated heterocycles. The number of nitrogens with zero attached hydrogens (tertiary/aromatic N) is 1. The summed E-state index contributed by atoms with van der Waals surface area (Å²) < 4.78 is 5.53. The van der Waals surface area contributed by atoms with E-state index >= 15 is 0 Å². The van der Waals surface area contributed by atoms with Crippen molar-refractivity contribution in [1.29, 1.82) is 0 Å². The van der Waals surface area contributed by atoms with Gasteiger partial charge in [0.1, 0.15) is 5.75 Å². The van der Waals surface area contributed by atoms with Crippen molar-refractivity contribution >= 4 is 29.6 Å².